The van der Waals surface area contributed by atoms with E-state index in [4.69, 9.17) is 9.47 Å². The van der Waals surface area contributed by atoms with Crippen LogP contribution in [0.25, 0.3) is 5.69 Å². The van der Waals surface area contributed by atoms with Crippen molar-refractivity contribution < 1.29 is 14.3 Å². The SMILES string of the molecule is COc1ccc(OCC(=O)N/N=C/c2ccn(-c3ccccc3)c2)cc1. The molecular weight excluding hydrogens is 330 g/mol. The first-order valence-corrected chi connectivity index (χ1v) is 8.07. The van der Waals surface area contributed by atoms with Gasteiger partial charge in [0.25, 0.3) is 5.91 Å². The summed E-state index contributed by atoms with van der Waals surface area (Å²) >= 11 is 0. The molecule has 0 unspecified atom stereocenters. The fourth-order valence-electron chi connectivity index (χ4n) is 2.28. The van der Waals surface area contributed by atoms with Crippen molar-refractivity contribution in [2.24, 2.45) is 5.10 Å². The third-order valence-electron chi connectivity index (χ3n) is 3.60. The Morgan fingerprint density at radius 1 is 1.08 bits per heavy atom. The van der Waals surface area contributed by atoms with Crippen LogP contribution in [0, 0.1) is 0 Å². The van der Waals surface area contributed by atoms with Gasteiger partial charge in [0.15, 0.2) is 6.61 Å². The molecule has 1 amide bonds. The summed E-state index contributed by atoms with van der Waals surface area (Å²) < 4.78 is 12.4. The molecule has 0 aliphatic rings. The second-order valence-corrected chi connectivity index (χ2v) is 5.45. The normalized spacial score (nSPS) is 10.7. The van der Waals surface area contributed by atoms with Gasteiger partial charge in [-0.05, 0) is 42.5 Å². The summed E-state index contributed by atoms with van der Waals surface area (Å²) in [7, 11) is 1.59. The van der Waals surface area contributed by atoms with E-state index in [1.165, 1.54) is 0 Å². The monoisotopic (exact) mass is 349 g/mol. The van der Waals surface area contributed by atoms with E-state index >= 15 is 0 Å². The van der Waals surface area contributed by atoms with Gasteiger partial charge < -0.3 is 14.0 Å². The highest BCUT2D eigenvalue weighted by Crippen LogP contribution is 2.16. The van der Waals surface area contributed by atoms with Gasteiger partial charge in [-0.1, -0.05) is 18.2 Å². The molecule has 0 aliphatic carbocycles. The van der Waals surface area contributed by atoms with E-state index in [1.54, 1.807) is 37.6 Å². The third-order valence-corrected chi connectivity index (χ3v) is 3.60. The van der Waals surface area contributed by atoms with Gasteiger partial charge in [-0.15, -0.1) is 0 Å². The molecular formula is C20H19N3O3. The number of nitrogens with zero attached hydrogens (tertiary/aromatic N) is 2. The van der Waals surface area contributed by atoms with E-state index in [9.17, 15) is 4.79 Å². The van der Waals surface area contributed by atoms with Gasteiger partial charge in [-0.3, -0.25) is 4.79 Å². The molecule has 6 heteroatoms. The summed E-state index contributed by atoms with van der Waals surface area (Å²) in [6.07, 6.45) is 5.45. The van der Waals surface area contributed by atoms with Crippen molar-refractivity contribution in [3.8, 4) is 17.2 Å². The summed E-state index contributed by atoms with van der Waals surface area (Å²) in [4.78, 5) is 11.8. The maximum atomic E-state index is 11.8. The number of para-hydroxylation sites is 1. The zero-order valence-corrected chi connectivity index (χ0v) is 14.3. The molecule has 1 N–H and O–H groups in total. The largest absolute Gasteiger partial charge is 0.497 e. The number of carbonyl (C=O) groups excluding carboxylic acids is 1. The van der Waals surface area contributed by atoms with Crippen LogP contribution in [0.2, 0.25) is 0 Å². The number of hydrazone groups is 1. The minimum absolute atomic E-state index is 0.116. The summed E-state index contributed by atoms with van der Waals surface area (Å²) in [6.45, 7) is -0.116. The number of rotatable bonds is 7. The number of aromatic nitrogens is 1. The van der Waals surface area contributed by atoms with Gasteiger partial charge in [0.05, 0.1) is 13.3 Å². The second kappa shape index (κ2) is 8.53. The van der Waals surface area contributed by atoms with Crippen LogP contribution in [-0.2, 0) is 4.79 Å². The first kappa shape index (κ1) is 17.3. The number of amides is 1. The fourth-order valence-corrected chi connectivity index (χ4v) is 2.28. The highest BCUT2D eigenvalue weighted by molar-refractivity contribution is 5.82. The lowest BCUT2D eigenvalue weighted by Crippen LogP contribution is -2.24. The van der Waals surface area contributed by atoms with Gasteiger partial charge in [-0.2, -0.15) is 5.10 Å². The van der Waals surface area contributed by atoms with Crippen molar-refractivity contribution in [1.29, 1.82) is 0 Å². The first-order chi connectivity index (χ1) is 12.7. The Balaban J connectivity index is 1.47. The quantitative estimate of drug-likeness (QED) is 0.527. The molecule has 1 heterocycles. The minimum atomic E-state index is -0.334. The molecule has 132 valence electrons. The molecule has 0 radical (unpaired) electrons. The van der Waals surface area contributed by atoms with Crippen molar-refractivity contribution >= 4 is 12.1 Å². The van der Waals surface area contributed by atoms with Gasteiger partial charge >= 0.3 is 0 Å². The first-order valence-electron chi connectivity index (χ1n) is 8.07. The Morgan fingerprint density at radius 3 is 2.54 bits per heavy atom. The zero-order valence-electron chi connectivity index (χ0n) is 14.3. The maximum Gasteiger partial charge on any atom is 0.277 e. The topological polar surface area (TPSA) is 64.8 Å². The molecule has 2 aromatic carbocycles. The van der Waals surface area contributed by atoms with Crippen molar-refractivity contribution in [3.05, 3.63) is 78.6 Å². The minimum Gasteiger partial charge on any atom is -0.497 e. The Labute approximate surface area is 151 Å². The number of hydrogen-bond donors (Lipinski definition) is 1. The lowest BCUT2D eigenvalue weighted by molar-refractivity contribution is -0.123. The molecule has 0 bridgehead atoms. The van der Waals surface area contributed by atoms with Crippen LogP contribution in [0.3, 0.4) is 0 Å². The van der Waals surface area contributed by atoms with Gasteiger partial charge in [0.1, 0.15) is 11.5 Å². The number of methoxy groups -OCH3 is 1. The van der Waals surface area contributed by atoms with Gasteiger partial charge in [0.2, 0.25) is 0 Å². The summed E-state index contributed by atoms with van der Waals surface area (Å²) in [5, 5.41) is 3.95. The lowest BCUT2D eigenvalue weighted by Gasteiger charge is -2.05. The highest BCUT2D eigenvalue weighted by atomic mass is 16.5. The van der Waals surface area contributed by atoms with Gasteiger partial charge in [0, 0.05) is 23.6 Å². The van der Waals surface area contributed by atoms with Crippen LogP contribution in [0.4, 0.5) is 0 Å². The summed E-state index contributed by atoms with van der Waals surface area (Å²) in [5.74, 6) is 0.985. The molecule has 3 aromatic rings. The molecule has 0 spiro atoms. The van der Waals surface area contributed by atoms with Crippen molar-refractivity contribution in [2.45, 2.75) is 0 Å². The van der Waals surface area contributed by atoms with Crippen LogP contribution in [0.5, 0.6) is 11.5 Å². The highest BCUT2D eigenvalue weighted by Gasteiger charge is 2.02. The van der Waals surface area contributed by atoms with Crippen LogP contribution in [0.1, 0.15) is 5.56 Å². The van der Waals surface area contributed by atoms with E-state index < -0.39 is 0 Å². The van der Waals surface area contributed by atoms with E-state index in [1.807, 2.05) is 53.4 Å². The van der Waals surface area contributed by atoms with Crippen molar-refractivity contribution in [2.75, 3.05) is 13.7 Å². The molecule has 0 saturated heterocycles. The zero-order chi connectivity index (χ0) is 18.2. The van der Waals surface area contributed by atoms with Crippen LogP contribution in [0.15, 0.2) is 78.2 Å². The van der Waals surface area contributed by atoms with Crippen LogP contribution >= 0.6 is 0 Å². The smallest absolute Gasteiger partial charge is 0.277 e. The molecule has 0 aliphatic heterocycles. The van der Waals surface area contributed by atoms with Crippen molar-refractivity contribution in [3.63, 3.8) is 0 Å². The third kappa shape index (κ3) is 4.73. The summed E-state index contributed by atoms with van der Waals surface area (Å²) in [5.41, 5.74) is 4.38. The van der Waals surface area contributed by atoms with Crippen LogP contribution < -0.4 is 14.9 Å². The number of carbonyl (C=O) groups is 1. The second-order valence-electron chi connectivity index (χ2n) is 5.45. The maximum absolute atomic E-state index is 11.8. The summed E-state index contributed by atoms with van der Waals surface area (Å²) in [6, 6.07) is 18.9. The van der Waals surface area contributed by atoms with Crippen LogP contribution in [-0.4, -0.2) is 30.4 Å². The molecule has 6 nitrogen and oxygen atoms in total. The average Bonchev–Trinajstić information content (AvgIpc) is 3.16. The number of benzene rings is 2. The van der Waals surface area contributed by atoms with Gasteiger partial charge in [-0.25, -0.2) is 5.43 Å². The Bertz CT molecular complexity index is 871. The lowest BCUT2D eigenvalue weighted by atomic mass is 10.3. The Kier molecular flexibility index (Phi) is 5.67. The molecule has 3 rings (SSSR count). The molecule has 0 atom stereocenters. The number of ether oxygens (including phenoxy) is 2. The van der Waals surface area contributed by atoms with E-state index in [0.717, 1.165) is 17.0 Å². The standard InChI is InChI=1S/C20H19N3O3/c1-25-18-7-9-19(10-8-18)26-15-20(24)22-21-13-16-11-12-23(14-16)17-5-3-2-4-6-17/h2-14H,15H2,1H3,(H,22,24)/b21-13+. The molecule has 26 heavy (non-hydrogen) atoms. The average molecular weight is 349 g/mol. The number of nitrogens with one attached hydrogen (secondary N) is 1. The Hall–Kier alpha value is -3.54. The van der Waals surface area contributed by atoms with E-state index in [2.05, 4.69) is 10.5 Å². The fraction of sp³-hybridized carbons (Fsp3) is 0.100. The Morgan fingerprint density at radius 2 is 1.81 bits per heavy atom. The predicted molar refractivity (Wildman–Crippen MR) is 100.0 cm³/mol. The van der Waals surface area contributed by atoms with Crippen molar-refractivity contribution in [1.82, 2.24) is 9.99 Å². The van der Waals surface area contributed by atoms with E-state index in [0.29, 0.717) is 5.75 Å². The number of hydrogen-bond acceptors (Lipinski definition) is 4. The molecule has 1 aromatic heterocycles. The molecule has 0 fully saturated rings. The molecule has 0 saturated carbocycles. The predicted octanol–water partition coefficient (Wildman–Crippen LogP) is 3.02. The van der Waals surface area contributed by atoms with E-state index in [-0.39, 0.29) is 12.5 Å².